The van der Waals surface area contributed by atoms with Gasteiger partial charge in [0, 0.05) is 23.4 Å². The summed E-state index contributed by atoms with van der Waals surface area (Å²) in [5.41, 5.74) is 1.46. The number of hydrogen-bond acceptors (Lipinski definition) is 3. The summed E-state index contributed by atoms with van der Waals surface area (Å²) >= 11 is 3.40. The molecule has 0 spiro atoms. The highest BCUT2D eigenvalue weighted by atomic mass is 79.9. The topological polar surface area (TPSA) is 61.9 Å². The number of rotatable bonds is 2. The van der Waals surface area contributed by atoms with E-state index in [0.29, 0.717) is 5.69 Å². The SMILES string of the molecule is O=C(c1ncccc1Br)N1CCCCC1c1ccn[nH]1. The van der Waals surface area contributed by atoms with Crippen molar-refractivity contribution in [2.75, 3.05) is 6.54 Å². The summed E-state index contributed by atoms with van der Waals surface area (Å²) in [5.74, 6) is -0.0308. The van der Waals surface area contributed by atoms with E-state index in [1.165, 1.54) is 0 Å². The van der Waals surface area contributed by atoms with Gasteiger partial charge in [-0.25, -0.2) is 4.98 Å². The maximum atomic E-state index is 12.7. The first-order chi connectivity index (χ1) is 9.77. The minimum absolute atomic E-state index is 0.0308. The second kappa shape index (κ2) is 5.75. The number of carbonyl (C=O) groups is 1. The Labute approximate surface area is 125 Å². The molecule has 3 heterocycles. The third-order valence-electron chi connectivity index (χ3n) is 3.61. The number of pyridine rings is 1. The van der Waals surface area contributed by atoms with E-state index in [9.17, 15) is 4.79 Å². The molecule has 1 unspecified atom stereocenters. The van der Waals surface area contributed by atoms with Gasteiger partial charge < -0.3 is 4.90 Å². The molecule has 6 heteroatoms. The Hall–Kier alpha value is -1.69. The van der Waals surface area contributed by atoms with Crippen LogP contribution in [0.1, 0.15) is 41.5 Å². The summed E-state index contributed by atoms with van der Waals surface area (Å²) < 4.78 is 0.735. The van der Waals surface area contributed by atoms with Gasteiger partial charge in [-0.1, -0.05) is 0 Å². The van der Waals surface area contributed by atoms with Crippen molar-refractivity contribution in [2.24, 2.45) is 0 Å². The van der Waals surface area contributed by atoms with Crippen LogP contribution in [-0.2, 0) is 0 Å². The molecule has 0 saturated carbocycles. The van der Waals surface area contributed by atoms with Crippen molar-refractivity contribution in [3.8, 4) is 0 Å². The number of piperidine rings is 1. The standard InChI is InChI=1S/C14H15BrN4O/c15-10-4-3-7-16-13(10)14(20)19-9-2-1-5-12(19)11-6-8-17-18-11/h3-4,6-8,12H,1-2,5,9H2,(H,17,18). The Morgan fingerprint density at radius 1 is 1.35 bits per heavy atom. The molecular formula is C14H15BrN4O. The van der Waals surface area contributed by atoms with Crippen LogP contribution in [-0.4, -0.2) is 32.5 Å². The Balaban J connectivity index is 1.90. The van der Waals surface area contributed by atoms with Crippen molar-refractivity contribution >= 4 is 21.8 Å². The zero-order valence-electron chi connectivity index (χ0n) is 10.9. The quantitative estimate of drug-likeness (QED) is 0.918. The molecule has 0 radical (unpaired) electrons. The largest absolute Gasteiger partial charge is 0.329 e. The zero-order chi connectivity index (χ0) is 13.9. The lowest BCUT2D eigenvalue weighted by atomic mass is 9.99. The monoisotopic (exact) mass is 334 g/mol. The second-order valence-electron chi connectivity index (χ2n) is 4.86. The molecule has 0 bridgehead atoms. The molecule has 20 heavy (non-hydrogen) atoms. The molecule has 1 saturated heterocycles. The summed E-state index contributed by atoms with van der Waals surface area (Å²) in [7, 11) is 0. The molecule has 1 N–H and O–H groups in total. The third-order valence-corrected chi connectivity index (χ3v) is 4.25. The molecule has 1 amide bonds. The molecular weight excluding hydrogens is 320 g/mol. The predicted molar refractivity (Wildman–Crippen MR) is 78.2 cm³/mol. The molecule has 2 aromatic rings. The lowest BCUT2D eigenvalue weighted by molar-refractivity contribution is 0.0599. The lowest BCUT2D eigenvalue weighted by Crippen LogP contribution is -2.39. The van der Waals surface area contributed by atoms with E-state index in [2.05, 4.69) is 31.1 Å². The first-order valence-corrected chi connectivity index (χ1v) is 7.47. The normalized spacial score (nSPS) is 19.1. The molecule has 1 atom stereocenters. The number of aromatic nitrogens is 3. The first-order valence-electron chi connectivity index (χ1n) is 6.68. The van der Waals surface area contributed by atoms with Crippen molar-refractivity contribution in [1.82, 2.24) is 20.1 Å². The smallest absolute Gasteiger partial charge is 0.274 e. The molecule has 0 aliphatic carbocycles. The van der Waals surface area contributed by atoms with Crippen LogP contribution in [0.2, 0.25) is 0 Å². The maximum absolute atomic E-state index is 12.7. The average molecular weight is 335 g/mol. The lowest BCUT2D eigenvalue weighted by Gasteiger charge is -2.35. The van der Waals surface area contributed by atoms with Crippen LogP contribution >= 0.6 is 15.9 Å². The van der Waals surface area contributed by atoms with E-state index in [1.54, 1.807) is 12.4 Å². The summed E-state index contributed by atoms with van der Waals surface area (Å²) in [6.07, 6.45) is 6.48. The molecule has 3 rings (SSSR count). The summed E-state index contributed by atoms with van der Waals surface area (Å²) in [5, 5.41) is 6.98. The van der Waals surface area contributed by atoms with Crippen molar-refractivity contribution in [3.63, 3.8) is 0 Å². The van der Waals surface area contributed by atoms with Gasteiger partial charge in [0.15, 0.2) is 0 Å². The van der Waals surface area contributed by atoms with Gasteiger partial charge in [-0.2, -0.15) is 5.10 Å². The summed E-state index contributed by atoms with van der Waals surface area (Å²) in [4.78, 5) is 18.8. The van der Waals surface area contributed by atoms with Crippen LogP contribution < -0.4 is 0 Å². The van der Waals surface area contributed by atoms with Gasteiger partial charge in [0.1, 0.15) is 5.69 Å². The molecule has 1 aliphatic rings. The van der Waals surface area contributed by atoms with E-state index in [0.717, 1.165) is 36.0 Å². The van der Waals surface area contributed by atoms with Gasteiger partial charge in [-0.3, -0.25) is 9.89 Å². The fourth-order valence-electron chi connectivity index (χ4n) is 2.63. The molecule has 1 aliphatic heterocycles. The van der Waals surface area contributed by atoms with Crippen LogP contribution in [0.5, 0.6) is 0 Å². The van der Waals surface area contributed by atoms with E-state index in [-0.39, 0.29) is 11.9 Å². The summed E-state index contributed by atoms with van der Waals surface area (Å²) in [6.45, 7) is 0.755. The van der Waals surface area contributed by atoms with Gasteiger partial charge in [0.25, 0.3) is 5.91 Å². The van der Waals surface area contributed by atoms with Crippen LogP contribution in [0.3, 0.4) is 0 Å². The predicted octanol–water partition coefficient (Wildman–Crippen LogP) is 2.93. The Bertz CT molecular complexity index is 599. The van der Waals surface area contributed by atoms with E-state index < -0.39 is 0 Å². The molecule has 0 aromatic carbocycles. The van der Waals surface area contributed by atoms with Crippen LogP contribution in [0, 0.1) is 0 Å². The van der Waals surface area contributed by atoms with Crippen LogP contribution in [0.25, 0.3) is 0 Å². The Morgan fingerprint density at radius 3 is 3.00 bits per heavy atom. The van der Waals surface area contributed by atoms with Gasteiger partial charge in [0.05, 0.1) is 11.7 Å². The minimum atomic E-state index is -0.0308. The fourth-order valence-corrected chi connectivity index (χ4v) is 3.05. The fraction of sp³-hybridized carbons (Fsp3) is 0.357. The highest BCUT2D eigenvalue weighted by Gasteiger charge is 2.30. The van der Waals surface area contributed by atoms with Crippen molar-refractivity contribution in [3.05, 3.63) is 46.5 Å². The number of nitrogens with one attached hydrogen (secondary N) is 1. The van der Waals surface area contributed by atoms with E-state index in [1.807, 2.05) is 23.1 Å². The van der Waals surface area contributed by atoms with Crippen LogP contribution in [0.15, 0.2) is 35.1 Å². The van der Waals surface area contributed by atoms with E-state index in [4.69, 9.17) is 0 Å². The first kappa shape index (κ1) is 13.3. The Morgan fingerprint density at radius 2 is 2.25 bits per heavy atom. The minimum Gasteiger partial charge on any atom is -0.329 e. The second-order valence-corrected chi connectivity index (χ2v) is 5.71. The number of likely N-dealkylation sites (tertiary alicyclic amines) is 1. The number of amides is 1. The number of hydrogen-bond donors (Lipinski definition) is 1. The van der Waals surface area contributed by atoms with Gasteiger partial charge in [-0.15, -0.1) is 0 Å². The highest BCUT2D eigenvalue weighted by Crippen LogP contribution is 2.31. The molecule has 1 fully saturated rings. The number of H-pyrrole nitrogens is 1. The van der Waals surface area contributed by atoms with Crippen molar-refractivity contribution in [2.45, 2.75) is 25.3 Å². The summed E-state index contributed by atoms with van der Waals surface area (Å²) in [6, 6.07) is 5.65. The van der Waals surface area contributed by atoms with Gasteiger partial charge >= 0.3 is 0 Å². The third kappa shape index (κ3) is 2.47. The Kier molecular flexibility index (Phi) is 3.82. The maximum Gasteiger partial charge on any atom is 0.274 e. The van der Waals surface area contributed by atoms with E-state index >= 15 is 0 Å². The highest BCUT2D eigenvalue weighted by molar-refractivity contribution is 9.10. The molecule has 2 aromatic heterocycles. The van der Waals surface area contributed by atoms with Crippen LogP contribution in [0.4, 0.5) is 0 Å². The van der Waals surface area contributed by atoms with Crippen molar-refractivity contribution < 1.29 is 4.79 Å². The van der Waals surface area contributed by atoms with Gasteiger partial charge in [0.2, 0.25) is 0 Å². The van der Waals surface area contributed by atoms with Crippen molar-refractivity contribution in [1.29, 1.82) is 0 Å². The number of halogens is 1. The number of carbonyl (C=O) groups excluding carboxylic acids is 1. The van der Waals surface area contributed by atoms with Gasteiger partial charge in [-0.05, 0) is 53.4 Å². The molecule has 5 nitrogen and oxygen atoms in total. The zero-order valence-corrected chi connectivity index (χ0v) is 12.5. The average Bonchev–Trinajstić information content (AvgIpc) is 3.01. The molecule has 104 valence electrons. The number of aromatic amines is 1. The number of nitrogens with zero attached hydrogens (tertiary/aromatic N) is 3.